The third-order valence-electron chi connectivity index (χ3n) is 3.61. The quantitative estimate of drug-likeness (QED) is 0.718. The van der Waals surface area contributed by atoms with E-state index in [9.17, 15) is 0 Å². The molecular formula is C13H28N2O. The van der Waals surface area contributed by atoms with Gasteiger partial charge in [0.05, 0.1) is 6.61 Å². The third kappa shape index (κ3) is 4.40. The molecule has 0 aromatic rings. The lowest BCUT2D eigenvalue weighted by molar-refractivity contribution is 0.0957. The average Bonchev–Trinajstić information content (AvgIpc) is 2.34. The number of ether oxygens (including phenoxy) is 1. The summed E-state index contributed by atoms with van der Waals surface area (Å²) in [5, 5.41) is 3.69. The molecule has 1 aliphatic heterocycles. The van der Waals surface area contributed by atoms with Crippen LogP contribution in [0.2, 0.25) is 0 Å². The van der Waals surface area contributed by atoms with E-state index in [1.807, 2.05) is 0 Å². The van der Waals surface area contributed by atoms with Crippen LogP contribution in [0.5, 0.6) is 0 Å². The molecule has 3 nitrogen and oxygen atoms in total. The van der Waals surface area contributed by atoms with Crippen LogP contribution in [0, 0.1) is 5.92 Å². The van der Waals surface area contributed by atoms with Gasteiger partial charge in [-0.05, 0) is 31.8 Å². The summed E-state index contributed by atoms with van der Waals surface area (Å²) in [4.78, 5) is 2.54. The SMILES string of the molecule is CCCNC1CCN(CCOC)CC1CC. The van der Waals surface area contributed by atoms with Crippen molar-refractivity contribution in [3.8, 4) is 0 Å². The van der Waals surface area contributed by atoms with Crippen molar-refractivity contribution >= 4 is 0 Å². The molecule has 1 N–H and O–H groups in total. The Labute approximate surface area is 101 Å². The first kappa shape index (κ1) is 13.9. The van der Waals surface area contributed by atoms with Crippen molar-refractivity contribution in [2.45, 2.75) is 39.2 Å². The average molecular weight is 228 g/mol. The smallest absolute Gasteiger partial charge is 0.0589 e. The van der Waals surface area contributed by atoms with Crippen LogP contribution in [-0.2, 0) is 4.74 Å². The first-order valence-corrected chi connectivity index (χ1v) is 6.76. The molecule has 2 atom stereocenters. The van der Waals surface area contributed by atoms with Crippen molar-refractivity contribution in [1.82, 2.24) is 10.2 Å². The molecule has 0 aliphatic carbocycles. The largest absolute Gasteiger partial charge is 0.383 e. The first-order chi connectivity index (χ1) is 7.81. The number of nitrogens with zero attached hydrogens (tertiary/aromatic N) is 1. The fourth-order valence-electron chi connectivity index (χ4n) is 2.54. The molecule has 1 heterocycles. The monoisotopic (exact) mass is 228 g/mol. The Morgan fingerprint density at radius 3 is 2.81 bits per heavy atom. The lowest BCUT2D eigenvalue weighted by atomic mass is 9.90. The molecule has 96 valence electrons. The van der Waals surface area contributed by atoms with Gasteiger partial charge in [-0.25, -0.2) is 0 Å². The summed E-state index contributed by atoms with van der Waals surface area (Å²) in [5.41, 5.74) is 0. The van der Waals surface area contributed by atoms with E-state index < -0.39 is 0 Å². The molecule has 1 saturated heterocycles. The Morgan fingerprint density at radius 2 is 2.19 bits per heavy atom. The van der Waals surface area contributed by atoms with E-state index in [2.05, 4.69) is 24.1 Å². The van der Waals surface area contributed by atoms with Gasteiger partial charge in [0.15, 0.2) is 0 Å². The van der Waals surface area contributed by atoms with E-state index in [1.54, 1.807) is 7.11 Å². The van der Waals surface area contributed by atoms with Crippen LogP contribution >= 0.6 is 0 Å². The molecule has 0 aromatic carbocycles. The van der Waals surface area contributed by atoms with Crippen molar-refractivity contribution in [2.24, 2.45) is 5.92 Å². The zero-order valence-electron chi connectivity index (χ0n) is 11.2. The molecule has 0 spiro atoms. The Kier molecular flexibility index (Phi) is 7.01. The number of piperidine rings is 1. The molecule has 0 radical (unpaired) electrons. The summed E-state index contributed by atoms with van der Waals surface area (Å²) in [6.45, 7) is 10.1. The molecule has 1 rings (SSSR count). The zero-order chi connectivity index (χ0) is 11.8. The van der Waals surface area contributed by atoms with Crippen LogP contribution in [0.15, 0.2) is 0 Å². The van der Waals surface area contributed by atoms with Gasteiger partial charge in [0.2, 0.25) is 0 Å². The van der Waals surface area contributed by atoms with Gasteiger partial charge in [-0.3, -0.25) is 0 Å². The van der Waals surface area contributed by atoms with Crippen LogP contribution in [0.1, 0.15) is 33.1 Å². The second-order valence-electron chi connectivity index (χ2n) is 4.81. The molecule has 3 heteroatoms. The highest BCUT2D eigenvalue weighted by atomic mass is 16.5. The number of likely N-dealkylation sites (tertiary alicyclic amines) is 1. The predicted octanol–water partition coefficient (Wildman–Crippen LogP) is 1.73. The fraction of sp³-hybridized carbons (Fsp3) is 1.00. The van der Waals surface area contributed by atoms with E-state index in [-0.39, 0.29) is 0 Å². The van der Waals surface area contributed by atoms with E-state index in [4.69, 9.17) is 4.74 Å². The van der Waals surface area contributed by atoms with Crippen molar-refractivity contribution in [3.63, 3.8) is 0 Å². The summed E-state index contributed by atoms with van der Waals surface area (Å²) < 4.78 is 5.15. The second-order valence-corrected chi connectivity index (χ2v) is 4.81. The maximum atomic E-state index is 5.15. The minimum absolute atomic E-state index is 0.740. The zero-order valence-corrected chi connectivity index (χ0v) is 11.2. The van der Waals surface area contributed by atoms with Crippen LogP contribution < -0.4 is 5.32 Å². The van der Waals surface area contributed by atoms with Gasteiger partial charge in [-0.15, -0.1) is 0 Å². The highest BCUT2D eigenvalue weighted by Gasteiger charge is 2.26. The Hall–Kier alpha value is -0.120. The Morgan fingerprint density at radius 1 is 1.38 bits per heavy atom. The second kappa shape index (κ2) is 8.04. The van der Waals surface area contributed by atoms with Crippen LogP contribution in [-0.4, -0.2) is 50.8 Å². The molecule has 1 fully saturated rings. The molecule has 1 aliphatic rings. The molecule has 0 bridgehead atoms. The molecular weight excluding hydrogens is 200 g/mol. The van der Waals surface area contributed by atoms with Crippen LogP contribution in [0.3, 0.4) is 0 Å². The third-order valence-corrected chi connectivity index (χ3v) is 3.61. The van der Waals surface area contributed by atoms with Gasteiger partial charge in [0, 0.05) is 26.2 Å². The normalized spacial score (nSPS) is 27.2. The summed E-state index contributed by atoms with van der Waals surface area (Å²) in [5.74, 6) is 0.817. The maximum Gasteiger partial charge on any atom is 0.0589 e. The van der Waals surface area contributed by atoms with Gasteiger partial charge in [-0.2, -0.15) is 0 Å². The Bertz CT molecular complexity index is 175. The first-order valence-electron chi connectivity index (χ1n) is 6.76. The van der Waals surface area contributed by atoms with E-state index in [0.29, 0.717) is 0 Å². The van der Waals surface area contributed by atoms with Crippen molar-refractivity contribution in [3.05, 3.63) is 0 Å². The van der Waals surface area contributed by atoms with Crippen LogP contribution in [0.25, 0.3) is 0 Å². The summed E-state index contributed by atoms with van der Waals surface area (Å²) in [6.07, 6.45) is 3.81. The molecule has 16 heavy (non-hydrogen) atoms. The van der Waals surface area contributed by atoms with E-state index in [0.717, 1.165) is 25.1 Å². The van der Waals surface area contributed by atoms with Crippen molar-refractivity contribution < 1.29 is 4.74 Å². The summed E-state index contributed by atoms with van der Waals surface area (Å²) in [7, 11) is 1.78. The predicted molar refractivity (Wildman–Crippen MR) is 68.8 cm³/mol. The van der Waals surface area contributed by atoms with Crippen molar-refractivity contribution in [1.29, 1.82) is 0 Å². The highest BCUT2D eigenvalue weighted by molar-refractivity contribution is 4.84. The van der Waals surface area contributed by atoms with Gasteiger partial charge in [0.25, 0.3) is 0 Å². The van der Waals surface area contributed by atoms with Gasteiger partial charge in [0.1, 0.15) is 0 Å². The minimum Gasteiger partial charge on any atom is -0.383 e. The van der Waals surface area contributed by atoms with Crippen LogP contribution in [0.4, 0.5) is 0 Å². The lowest BCUT2D eigenvalue weighted by Gasteiger charge is -2.38. The molecule has 0 aromatic heterocycles. The number of rotatable bonds is 7. The summed E-state index contributed by atoms with van der Waals surface area (Å²) >= 11 is 0. The number of methoxy groups -OCH3 is 1. The molecule has 0 saturated carbocycles. The van der Waals surface area contributed by atoms with Gasteiger partial charge < -0.3 is 15.0 Å². The van der Waals surface area contributed by atoms with E-state index in [1.165, 1.54) is 38.9 Å². The maximum absolute atomic E-state index is 5.15. The van der Waals surface area contributed by atoms with Crippen molar-refractivity contribution in [2.75, 3.05) is 39.9 Å². The number of hydrogen-bond donors (Lipinski definition) is 1. The number of hydrogen-bond acceptors (Lipinski definition) is 3. The topological polar surface area (TPSA) is 24.5 Å². The lowest BCUT2D eigenvalue weighted by Crippen LogP contribution is -2.49. The fourth-order valence-corrected chi connectivity index (χ4v) is 2.54. The Balaban J connectivity index is 2.31. The van der Waals surface area contributed by atoms with E-state index >= 15 is 0 Å². The summed E-state index contributed by atoms with van der Waals surface area (Å²) in [6, 6.07) is 0.740. The van der Waals surface area contributed by atoms with Gasteiger partial charge in [-0.1, -0.05) is 20.3 Å². The highest BCUT2D eigenvalue weighted by Crippen LogP contribution is 2.19. The van der Waals surface area contributed by atoms with Gasteiger partial charge >= 0.3 is 0 Å². The standard InChI is InChI=1S/C13H28N2O/c1-4-7-14-13-6-8-15(9-10-16-3)11-12(13)5-2/h12-14H,4-11H2,1-3H3. The minimum atomic E-state index is 0.740. The molecule has 0 amide bonds. The number of nitrogens with one attached hydrogen (secondary N) is 1. The molecule has 2 unspecified atom stereocenters.